The van der Waals surface area contributed by atoms with E-state index in [9.17, 15) is 4.79 Å². The highest BCUT2D eigenvalue weighted by molar-refractivity contribution is 5.81. The fraction of sp³-hybridized carbons (Fsp3) is 0.312. The first kappa shape index (κ1) is 14.2. The third kappa shape index (κ3) is 3.63. The highest BCUT2D eigenvalue weighted by atomic mass is 16.2. The maximum absolute atomic E-state index is 11.8. The standard InChI is InChI=1S/C16H19N3O/c1-16(2,3)15(20)19-10-12-6-7-14(18-9-12)13-5-4-8-17-11-13/h4-9,11H,10H2,1-3H3,(H,19,20). The van der Waals surface area contributed by atoms with Crippen LogP contribution in [0.15, 0.2) is 42.9 Å². The average Bonchev–Trinajstić information content (AvgIpc) is 2.45. The van der Waals surface area contributed by atoms with Gasteiger partial charge in [-0.1, -0.05) is 26.8 Å². The lowest BCUT2D eigenvalue weighted by Gasteiger charge is -2.17. The molecular formula is C16H19N3O. The summed E-state index contributed by atoms with van der Waals surface area (Å²) in [5, 5.41) is 2.91. The van der Waals surface area contributed by atoms with Crippen LogP contribution >= 0.6 is 0 Å². The van der Waals surface area contributed by atoms with Crippen molar-refractivity contribution in [3.63, 3.8) is 0 Å². The Labute approximate surface area is 119 Å². The summed E-state index contributed by atoms with van der Waals surface area (Å²) in [6, 6.07) is 7.76. The normalized spacial score (nSPS) is 11.2. The number of amides is 1. The summed E-state index contributed by atoms with van der Waals surface area (Å²) in [4.78, 5) is 20.3. The predicted octanol–water partition coefficient (Wildman–Crippen LogP) is 2.81. The molecule has 2 aromatic heterocycles. The summed E-state index contributed by atoms with van der Waals surface area (Å²) in [6.07, 6.45) is 5.30. The molecule has 0 unspecified atom stereocenters. The van der Waals surface area contributed by atoms with E-state index in [0.29, 0.717) is 6.54 Å². The van der Waals surface area contributed by atoms with E-state index in [1.807, 2.05) is 45.0 Å². The third-order valence-corrected chi connectivity index (χ3v) is 2.92. The molecule has 0 bridgehead atoms. The Balaban J connectivity index is 2.01. The van der Waals surface area contributed by atoms with Crippen molar-refractivity contribution in [2.45, 2.75) is 27.3 Å². The lowest BCUT2D eigenvalue weighted by molar-refractivity contribution is -0.128. The molecule has 0 saturated heterocycles. The van der Waals surface area contributed by atoms with Crippen LogP contribution in [0.5, 0.6) is 0 Å². The number of nitrogens with zero attached hydrogens (tertiary/aromatic N) is 2. The van der Waals surface area contributed by atoms with E-state index in [1.54, 1.807) is 18.6 Å². The molecule has 0 fully saturated rings. The summed E-state index contributed by atoms with van der Waals surface area (Å²) in [7, 11) is 0. The summed E-state index contributed by atoms with van der Waals surface area (Å²) < 4.78 is 0. The van der Waals surface area contributed by atoms with Gasteiger partial charge in [0, 0.05) is 36.1 Å². The number of nitrogens with one attached hydrogen (secondary N) is 1. The molecule has 2 heterocycles. The third-order valence-electron chi connectivity index (χ3n) is 2.92. The molecule has 0 aromatic carbocycles. The topological polar surface area (TPSA) is 54.9 Å². The Morgan fingerprint density at radius 1 is 1.20 bits per heavy atom. The molecule has 4 nitrogen and oxygen atoms in total. The van der Waals surface area contributed by atoms with Gasteiger partial charge in [0.15, 0.2) is 0 Å². The highest BCUT2D eigenvalue weighted by Crippen LogP contribution is 2.16. The second-order valence-corrected chi connectivity index (χ2v) is 5.73. The van der Waals surface area contributed by atoms with Crippen molar-refractivity contribution < 1.29 is 4.79 Å². The van der Waals surface area contributed by atoms with Gasteiger partial charge < -0.3 is 5.32 Å². The van der Waals surface area contributed by atoms with E-state index in [0.717, 1.165) is 16.8 Å². The van der Waals surface area contributed by atoms with Crippen molar-refractivity contribution in [3.05, 3.63) is 48.4 Å². The Bertz CT molecular complexity index is 571. The number of hydrogen-bond acceptors (Lipinski definition) is 3. The fourth-order valence-electron chi connectivity index (χ4n) is 1.66. The van der Waals surface area contributed by atoms with Crippen LogP contribution in [0.3, 0.4) is 0 Å². The molecule has 0 aliphatic heterocycles. The molecule has 0 aliphatic carbocycles. The monoisotopic (exact) mass is 269 g/mol. The van der Waals surface area contributed by atoms with Crippen LogP contribution in [0, 0.1) is 5.41 Å². The Kier molecular flexibility index (Phi) is 4.13. The molecule has 0 spiro atoms. The smallest absolute Gasteiger partial charge is 0.225 e. The van der Waals surface area contributed by atoms with Crippen LogP contribution < -0.4 is 5.32 Å². The number of pyridine rings is 2. The van der Waals surface area contributed by atoms with Crippen LogP contribution in [0.1, 0.15) is 26.3 Å². The van der Waals surface area contributed by atoms with Crippen LogP contribution in [-0.2, 0) is 11.3 Å². The molecule has 0 aliphatic rings. The van der Waals surface area contributed by atoms with Crippen molar-refractivity contribution >= 4 is 5.91 Å². The zero-order valence-corrected chi connectivity index (χ0v) is 12.1. The van der Waals surface area contributed by atoms with Gasteiger partial charge in [0.25, 0.3) is 0 Å². The molecule has 2 aromatic rings. The summed E-state index contributed by atoms with van der Waals surface area (Å²) in [6.45, 7) is 6.18. The molecule has 2 rings (SSSR count). The molecular weight excluding hydrogens is 250 g/mol. The summed E-state index contributed by atoms with van der Waals surface area (Å²) in [5.74, 6) is 0.0360. The average molecular weight is 269 g/mol. The number of aromatic nitrogens is 2. The van der Waals surface area contributed by atoms with Crippen molar-refractivity contribution in [2.75, 3.05) is 0 Å². The van der Waals surface area contributed by atoms with Crippen molar-refractivity contribution in [1.29, 1.82) is 0 Å². The lowest BCUT2D eigenvalue weighted by Crippen LogP contribution is -2.34. The van der Waals surface area contributed by atoms with E-state index in [-0.39, 0.29) is 11.3 Å². The first-order valence-corrected chi connectivity index (χ1v) is 6.60. The van der Waals surface area contributed by atoms with Gasteiger partial charge in [-0.15, -0.1) is 0 Å². The Morgan fingerprint density at radius 3 is 2.55 bits per heavy atom. The van der Waals surface area contributed by atoms with E-state index in [1.165, 1.54) is 0 Å². The highest BCUT2D eigenvalue weighted by Gasteiger charge is 2.20. The van der Waals surface area contributed by atoms with Gasteiger partial charge in [0.1, 0.15) is 0 Å². The quantitative estimate of drug-likeness (QED) is 0.932. The number of carbonyl (C=O) groups excluding carboxylic acids is 1. The minimum Gasteiger partial charge on any atom is -0.352 e. The van der Waals surface area contributed by atoms with Crippen LogP contribution in [0.4, 0.5) is 0 Å². The van der Waals surface area contributed by atoms with Gasteiger partial charge in [-0.2, -0.15) is 0 Å². The largest absolute Gasteiger partial charge is 0.352 e. The van der Waals surface area contributed by atoms with Crippen LogP contribution in [0.2, 0.25) is 0 Å². The van der Waals surface area contributed by atoms with Gasteiger partial charge in [-0.3, -0.25) is 14.8 Å². The zero-order valence-electron chi connectivity index (χ0n) is 12.1. The van der Waals surface area contributed by atoms with Crippen LogP contribution in [-0.4, -0.2) is 15.9 Å². The van der Waals surface area contributed by atoms with Crippen molar-refractivity contribution in [3.8, 4) is 11.3 Å². The van der Waals surface area contributed by atoms with Gasteiger partial charge >= 0.3 is 0 Å². The molecule has 104 valence electrons. The number of carbonyl (C=O) groups is 1. The van der Waals surface area contributed by atoms with Crippen molar-refractivity contribution in [2.24, 2.45) is 5.41 Å². The molecule has 1 N–H and O–H groups in total. The first-order chi connectivity index (χ1) is 9.47. The van der Waals surface area contributed by atoms with E-state index in [2.05, 4.69) is 15.3 Å². The lowest BCUT2D eigenvalue weighted by atomic mass is 9.95. The minimum absolute atomic E-state index is 0.0360. The summed E-state index contributed by atoms with van der Waals surface area (Å²) >= 11 is 0. The van der Waals surface area contributed by atoms with E-state index < -0.39 is 0 Å². The molecule has 20 heavy (non-hydrogen) atoms. The first-order valence-electron chi connectivity index (χ1n) is 6.60. The van der Waals surface area contributed by atoms with Gasteiger partial charge in [0.2, 0.25) is 5.91 Å². The van der Waals surface area contributed by atoms with Crippen molar-refractivity contribution in [1.82, 2.24) is 15.3 Å². The second-order valence-electron chi connectivity index (χ2n) is 5.73. The molecule has 0 radical (unpaired) electrons. The predicted molar refractivity (Wildman–Crippen MR) is 78.8 cm³/mol. The Morgan fingerprint density at radius 2 is 2.00 bits per heavy atom. The fourth-order valence-corrected chi connectivity index (χ4v) is 1.66. The SMILES string of the molecule is CC(C)(C)C(=O)NCc1ccc(-c2cccnc2)nc1. The van der Waals surface area contributed by atoms with E-state index in [4.69, 9.17) is 0 Å². The Hall–Kier alpha value is -2.23. The summed E-state index contributed by atoms with van der Waals surface area (Å²) in [5.41, 5.74) is 2.47. The molecule has 4 heteroatoms. The maximum Gasteiger partial charge on any atom is 0.225 e. The van der Waals surface area contributed by atoms with E-state index >= 15 is 0 Å². The number of rotatable bonds is 3. The molecule has 0 saturated carbocycles. The van der Waals surface area contributed by atoms with Gasteiger partial charge in [-0.25, -0.2) is 0 Å². The molecule has 0 atom stereocenters. The second kappa shape index (κ2) is 5.82. The van der Waals surface area contributed by atoms with Gasteiger partial charge in [0.05, 0.1) is 5.69 Å². The minimum atomic E-state index is -0.372. The zero-order chi connectivity index (χ0) is 14.6. The number of hydrogen-bond donors (Lipinski definition) is 1. The molecule has 1 amide bonds. The van der Waals surface area contributed by atoms with Gasteiger partial charge in [-0.05, 0) is 23.8 Å². The maximum atomic E-state index is 11.8. The van der Waals surface area contributed by atoms with Crippen LogP contribution in [0.25, 0.3) is 11.3 Å².